The van der Waals surface area contributed by atoms with Crippen molar-refractivity contribution >= 4 is 5.82 Å². The summed E-state index contributed by atoms with van der Waals surface area (Å²) in [6.07, 6.45) is 0.762. The van der Waals surface area contributed by atoms with Crippen LogP contribution in [0.3, 0.4) is 0 Å². The summed E-state index contributed by atoms with van der Waals surface area (Å²) in [4.78, 5) is 8.95. The van der Waals surface area contributed by atoms with E-state index in [1.165, 1.54) is 0 Å². The number of rotatable bonds is 6. The van der Waals surface area contributed by atoms with E-state index in [0.29, 0.717) is 5.88 Å². The molecule has 0 aliphatic heterocycles. The second-order valence-electron chi connectivity index (χ2n) is 4.58. The molecule has 5 heteroatoms. The molecule has 5 nitrogen and oxygen atoms in total. The van der Waals surface area contributed by atoms with Crippen LogP contribution in [0.2, 0.25) is 0 Å². The van der Waals surface area contributed by atoms with Gasteiger partial charge in [0.05, 0.1) is 12.7 Å². The monoisotopic (exact) mass is 287 g/mol. The molecule has 1 aromatic carbocycles. The lowest BCUT2D eigenvalue weighted by Gasteiger charge is -2.13. The highest BCUT2D eigenvalue weighted by molar-refractivity contribution is 5.49. The van der Waals surface area contributed by atoms with Gasteiger partial charge >= 0.3 is 0 Å². The van der Waals surface area contributed by atoms with E-state index in [4.69, 9.17) is 9.47 Å². The molecule has 1 heterocycles. The minimum atomic E-state index is 0.586. The Kier molecular flexibility index (Phi) is 4.98. The maximum atomic E-state index is 5.89. The van der Waals surface area contributed by atoms with Gasteiger partial charge in [0, 0.05) is 13.0 Å². The van der Waals surface area contributed by atoms with E-state index >= 15 is 0 Å². The summed E-state index contributed by atoms with van der Waals surface area (Å²) in [5.41, 5.74) is 0.907. The van der Waals surface area contributed by atoms with Crippen molar-refractivity contribution < 1.29 is 9.47 Å². The predicted molar refractivity (Wildman–Crippen MR) is 83.4 cm³/mol. The summed E-state index contributed by atoms with van der Waals surface area (Å²) in [6, 6.07) is 7.44. The molecule has 0 aliphatic rings. The van der Waals surface area contributed by atoms with Gasteiger partial charge in [0.15, 0.2) is 0 Å². The number of methoxy groups -OCH3 is 1. The fourth-order valence-corrected chi connectivity index (χ4v) is 1.89. The second-order valence-corrected chi connectivity index (χ2v) is 4.58. The van der Waals surface area contributed by atoms with E-state index in [-0.39, 0.29) is 0 Å². The van der Waals surface area contributed by atoms with Crippen molar-refractivity contribution in [3.05, 3.63) is 35.7 Å². The van der Waals surface area contributed by atoms with E-state index in [2.05, 4.69) is 15.3 Å². The third-order valence-corrected chi connectivity index (χ3v) is 3.08. The molecule has 0 unspecified atom stereocenters. The van der Waals surface area contributed by atoms with Crippen molar-refractivity contribution in [3.8, 4) is 17.4 Å². The Hall–Kier alpha value is -2.30. The number of hydrogen-bond donors (Lipinski definition) is 1. The van der Waals surface area contributed by atoms with Crippen LogP contribution in [-0.2, 0) is 6.42 Å². The van der Waals surface area contributed by atoms with Gasteiger partial charge in [0.25, 0.3) is 0 Å². The average molecular weight is 287 g/mol. The Morgan fingerprint density at radius 2 is 1.71 bits per heavy atom. The zero-order valence-corrected chi connectivity index (χ0v) is 12.9. The first-order valence-electron chi connectivity index (χ1n) is 7.11. The highest BCUT2D eigenvalue weighted by Crippen LogP contribution is 2.28. The highest BCUT2D eigenvalue weighted by Gasteiger charge is 2.12. The van der Waals surface area contributed by atoms with Crippen molar-refractivity contribution in [1.29, 1.82) is 0 Å². The minimum absolute atomic E-state index is 0.586. The van der Waals surface area contributed by atoms with Gasteiger partial charge in [-0.15, -0.1) is 0 Å². The second kappa shape index (κ2) is 6.92. The van der Waals surface area contributed by atoms with Crippen LogP contribution in [0.5, 0.6) is 17.4 Å². The maximum absolute atomic E-state index is 5.89. The van der Waals surface area contributed by atoms with Crippen LogP contribution in [0.15, 0.2) is 24.3 Å². The Labute approximate surface area is 125 Å². The van der Waals surface area contributed by atoms with Crippen LogP contribution >= 0.6 is 0 Å². The zero-order chi connectivity index (χ0) is 15.2. The summed E-state index contributed by atoms with van der Waals surface area (Å²) >= 11 is 0. The zero-order valence-electron chi connectivity index (χ0n) is 12.9. The summed E-state index contributed by atoms with van der Waals surface area (Å²) in [7, 11) is 1.64. The first kappa shape index (κ1) is 15.1. The lowest BCUT2D eigenvalue weighted by atomic mass is 10.3. The van der Waals surface area contributed by atoms with Gasteiger partial charge in [0.1, 0.15) is 23.1 Å². The normalized spacial score (nSPS) is 10.3. The molecule has 112 valence electrons. The largest absolute Gasteiger partial charge is 0.497 e. The fourth-order valence-electron chi connectivity index (χ4n) is 1.89. The predicted octanol–water partition coefficient (Wildman–Crippen LogP) is 3.58. The van der Waals surface area contributed by atoms with Crippen LogP contribution in [0.25, 0.3) is 0 Å². The molecule has 2 rings (SSSR count). The smallest absolute Gasteiger partial charge is 0.227 e. The maximum Gasteiger partial charge on any atom is 0.227 e. The van der Waals surface area contributed by atoms with Crippen molar-refractivity contribution in [3.63, 3.8) is 0 Å². The Morgan fingerprint density at radius 3 is 2.29 bits per heavy atom. The van der Waals surface area contributed by atoms with Crippen molar-refractivity contribution in [2.75, 3.05) is 19.0 Å². The third-order valence-electron chi connectivity index (χ3n) is 3.08. The molecule has 0 aliphatic carbocycles. The standard InChI is InChI=1S/C16H21N3O2/c1-5-14-18-15(17-6-2)11(3)16(19-14)21-13-9-7-12(20-4)8-10-13/h7-10H,5-6H2,1-4H3,(H,17,18,19). The SMILES string of the molecule is CCNc1nc(CC)nc(Oc2ccc(OC)cc2)c1C. The Morgan fingerprint density at radius 1 is 1.05 bits per heavy atom. The number of nitrogens with one attached hydrogen (secondary N) is 1. The van der Waals surface area contributed by atoms with E-state index < -0.39 is 0 Å². The molecule has 21 heavy (non-hydrogen) atoms. The third kappa shape index (κ3) is 3.62. The van der Waals surface area contributed by atoms with E-state index in [9.17, 15) is 0 Å². The lowest BCUT2D eigenvalue weighted by Crippen LogP contribution is -2.07. The molecule has 1 aromatic heterocycles. The molecule has 1 N–H and O–H groups in total. The number of nitrogens with zero attached hydrogens (tertiary/aromatic N) is 2. The Balaban J connectivity index is 2.30. The van der Waals surface area contributed by atoms with Gasteiger partial charge in [-0.2, -0.15) is 4.98 Å². The van der Waals surface area contributed by atoms with Gasteiger partial charge in [-0.25, -0.2) is 4.98 Å². The molecule has 0 amide bonds. The summed E-state index contributed by atoms with van der Waals surface area (Å²) in [5, 5.41) is 3.24. The first-order chi connectivity index (χ1) is 10.2. The number of aryl methyl sites for hydroxylation is 1. The molecule has 0 saturated carbocycles. The van der Waals surface area contributed by atoms with Crippen molar-refractivity contribution in [2.24, 2.45) is 0 Å². The van der Waals surface area contributed by atoms with Gasteiger partial charge < -0.3 is 14.8 Å². The summed E-state index contributed by atoms with van der Waals surface area (Å²) in [5.74, 6) is 3.70. The molecule has 0 bridgehead atoms. The molecule has 2 aromatic rings. The van der Waals surface area contributed by atoms with Crippen LogP contribution in [0.4, 0.5) is 5.82 Å². The van der Waals surface area contributed by atoms with Crippen LogP contribution in [0.1, 0.15) is 25.2 Å². The first-order valence-corrected chi connectivity index (χ1v) is 7.11. The molecule has 0 atom stereocenters. The van der Waals surface area contributed by atoms with E-state index in [1.54, 1.807) is 7.11 Å². The lowest BCUT2D eigenvalue weighted by molar-refractivity contribution is 0.411. The molecule has 0 radical (unpaired) electrons. The van der Waals surface area contributed by atoms with Gasteiger partial charge in [-0.1, -0.05) is 6.92 Å². The van der Waals surface area contributed by atoms with Crippen molar-refractivity contribution in [2.45, 2.75) is 27.2 Å². The fraction of sp³-hybridized carbons (Fsp3) is 0.375. The summed E-state index contributed by atoms with van der Waals surface area (Å²) in [6.45, 7) is 6.83. The van der Waals surface area contributed by atoms with E-state index in [1.807, 2.05) is 45.0 Å². The van der Waals surface area contributed by atoms with Gasteiger partial charge in [-0.05, 0) is 38.1 Å². The Bertz CT molecular complexity index is 597. The molecular formula is C16H21N3O2. The molecule has 0 spiro atoms. The number of hydrogen-bond acceptors (Lipinski definition) is 5. The number of aromatic nitrogens is 2. The number of anilines is 1. The average Bonchev–Trinajstić information content (AvgIpc) is 2.52. The quantitative estimate of drug-likeness (QED) is 0.880. The number of ether oxygens (including phenoxy) is 2. The van der Waals surface area contributed by atoms with Gasteiger partial charge in [-0.3, -0.25) is 0 Å². The van der Waals surface area contributed by atoms with E-state index in [0.717, 1.165) is 41.7 Å². The topological polar surface area (TPSA) is 56.3 Å². The minimum Gasteiger partial charge on any atom is -0.497 e. The van der Waals surface area contributed by atoms with Gasteiger partial charge in [0.2, 0.25) is 5.88 Å². The van der Waals surface area contributed by atoms with Crippen LogP contribution < -0.4 is 14.8 Å². The van der Waals surface area contributed by atoms with Crippen molar-refractivity contribution in [1.82, 2.24) is 9.97 Å². The molecule has 0 saturated heterocycles. The molecular weight excluding hydrogens is 266 g/mol. The van der Waals surface area contributed by atoms with Crippen LogP contribution in [-0.4, -0.2) is 23.6 Å². The highest BCUT2D eigenvalue weighted by atomic mass is 16.5. The molecule has 0 fully saturated rings. The summed E-state index contributed by atoms with van der Waals surface area (Å²) < 4.78 is 11.0. The van der Waals surface area contributed by atoms with Crippen LogP contribution in [0, 0.1) is 6.92 Å². The number of benzene rings is 1.